The lowest BCUT2D eigenvalue weighted by Crippen LogP contribution is -1.85. The van der Waals surface area contributed by atoms with E-state index in [4.69, 9.17) is 28.3 Å². The molecule has 0 radical (unpaired) electrons. The third kappa shape index (κ3) is 2.93. The summed E-state index contributed by atoms with van der Waals surface area (Å²) in [5.74, 6) is 5.80. The minimum atomic E-state index is -0.00722. The van der Waals surface area contributed by atoms with Crippen LogP contribution in [0, 0.1) is 11.8 Å². The van der Waals surface area contributed by atoms with Crippen LogP contribution in [0.3, 0.4) is 0 Å². The van der Waals surface area contributed by atoms with E-state index >= 15 is 0 Å². The second-order valence-corrected chi connectivity index (χ2v) is 3.08. The molecule has 3 heteroatoms. The van der Waals surface area contributed by atoms with E-state index in [9.17, 15) is 0 Å². The van der Waals surface area contributed by atoms with Crippen LogP contribution in [0.4, 0.5) is 0 Å². The van der Waals surface area contributed by atoms with Gasteiger partial charge in [-0.1, -0.05) is 29.5 Å². The summed E-state index contributed by atoms with van der Waals surface area (Å²) in [7, 11) is 0. The van der Waals surface area contributed by atoms with Crippen molar-refractivity contribution in [3.63, 3.8) is 0 Å². The van der Waals surface area contributed by atoms with Crippen LogP contribution < -0.4 is 0 Å². The first-order valence-corrected chi connectivity index (χ1v) is 4.63. The van der Waals surface area contributed by atoms with Crippen LogP contribution in [0.2, 0.25) is 5.02 Å². The summed E-state index contributed by atoms with van der Waals surface area (Å²) >= 11 is 11.3. The van der Waals surface area contributed by atoms with Gasteiger partial charge in [-0.15, -0.1) is 11.6 Å². The Bertz CT molecular complexity index is 350. The third-order valence-electron chi connectivity index (χ3n) is 1.50. The lowest BCUT2D eigenvalue weighted by molar-refractivity contribution is 0.282. The predicted octanol–water partition coefficient (Wildman–Crippen LogP) is 2.42. The fourth-order valence-electron chi connectivity index (χ4n) is 0.895. The summed E-state index contributed by atoms with van der Waals surface area (Å²) in [6.07, 6.45) is 0. The normalized spacial score (nSPS) is 9.15. The van der Waals surface area contributed by atoms with Gasteiger partial charge in [0, 0.05) is 5.56 Å². The van der Waals surface area contributed by atoms with Crippen LogP contribution in [0.15, 0.2) is 18.2 Å². The minimum absolute atomic E-state index is 0.00722. The number of benzene rings is 1. The van der Waals surface area contributed by atoms with E-state index in [1.807, 2.05) is 0 Å². The molecule has 0 spiro atoms. The molecular weight excluding hydrogens is 207 g/mol. The van der Waals surface area contributed by atoms with Crippen molar-refractivity contribution in [2.24, 2.45) is 0 Å². The number of rotatable bonds is 1. The smallest absolute Gasteiger partial charge is 0.0839 e. The van der Waals surface area contributed by atoms with Gasteiger partial charge in [0.15, 0.2) is 0 Å². The van der Waals surface area contributed by atoms with Crippen molar-refractivity contribution in [3.8, 4) is 11.8 Å². The van der Waals surface area contributed by atoms with Gasteiger partial charge in [-0.05, 0) is 17.7 Å². The van der Waals surface area contributed by atoms with E-state index in [1.54, 1.807) is 18.2 Å². The van der Waals surface area contributed by atoms with Crippen LogP contribution in [-0.2, 0) is 6.61 Å². The van der Waals surface area contributed by atoms with Gasteiger partial charge in [0.1, 0.15) is 0 Å². The van der Waals surface area contributed by atoms with Crippen LogP contribution in [-0.4, -0.2) is 11.0 Å². The Kier molecular flexibility index (Phi) is 4.11. The van der Waals surface area contributed by atoms with Gasteiger partial charge in [-0.2, -0.15) is 0 Å². The summed E-state index contributed by atoms with van der Waals surface area (Å²) < 4.78 is 0. The third-order valence-corrected chi connectivity index (χ3v) is 1.97. The molecule has 0 saturated carbocycles. The molecule has 0 saturated heterocycles. The molecule has 0 aliphatic heterocycles. The van der Waals surface area contributed by atoms with Crippen molar-refractivity contribution in [1.29, 1.82) is 0 Å². The van der Waals surface area contributed by atoms with E-state index in [0.717, 1.165) is 5.56 Å². The molecule has 0 atom stereocenters. The molecule has 1 aromatic carbocycles. The van der Waals surface area contributed by atoms with Gasteiger partial charge < -0.3 is 5.11 Å². The maximum atomic E-state index is 8.86. The van der Waals surface area contributed by atoms with Crippen LogP contribution >= 0.6 is 23.2 Å². The summed E-state index contributed by atoms with van der Waals surface area (Å²) in [6, 6.07) is 5.22. The van der Waals surface area contributed by atoms with Gasteiger partial charge in [0.05, 0.1) is 17.5 Å². The fraction of sp³-hybridized carbons (Fsp3) is 0.200. The highest BCUT2D eigenvalue weighted by molar-refractivity contribution is 6.31. The lowest BCUT2D eigenvalue weighted by atomic mass is 10.1. The molecule has 1 aromatic rings. The molecule has 13 heavy (non-hydrogen) atoms. The molecule has 1 rings (SSSR count). The zero-order valence-electron chi connectivity index (χ0n) is 6.85. The van der Waals surface area contributed by atoms with Gasteiger partial charge >= 0.3 is 0 Å². The maximum Gasteiger partial charge on any atom is 0.0839 e. The molecule has 1 N–H and O–H groups in total. The SMILES string of the molecule is OCc1ccc(Cl)c(C#CCCl)c1. The number of hydrogen-bond acceptors (Lipinski definition) is 1. The molecule has 0 aromatic heterocycles. The second kappa shape index (κ2) is 5.14. The molecular formula is C10H8Cl2O. The summed E-state index contributed by atoms with van der Waals surface area (Å²) in [6.45, 7) is -0.00722. The van der Waals surface area contributed by atoms with E-state index in [0.29, 0.717) is 10.6 Å². The van der Waals surface area contributed by atoms with Gasteiger partial charge in [-0.25, -0.2) is 0 Å². The topological polar surface area (TPSA) is 20.2 Å². The van der Waals surface area contributed by atoms with E-state index in [2.05, 4.69) is 11.8 Å². The van der Waals surface area contributed by atoms with Crippen LogP contribution in [0.1, 0.15) is 11.1 Å². The monoisotopic (exact) mass is 214 g/mol. The van der Waals surface area contributed by atoms with Gasteiger partial charge in [-0.3, -0.25) is 0 Å². The zero-order chi connectivity index (χ0) is 9.68. The number of hydrogen-bond donors (Lipinski definition) is 1. The van der Waals surface area contributed by atoms with Crippen LogP contribution in [0.25, 0.3) is 0 Å². The number of halogens is 2. The molecule has 0 amide bonds. The molecule has 0 aliphatic rings. The Hall–Kier alpha value is -0.680. The van der Waals surface area contributed by atoms with Crippen LogP contribution in [0.5, 0.6) is 0 Å². The molecule has 0 unspecified atom stereocenters. The molecule has 0 bridgehead atoms. The van der Waals surface area contributed by atoms with Crippen molar-refractivity contribution >= 4 is 23.2 Å². The zero-order valence-corrected chi connectivity index (χ0v) is 8.36. The Morgan fingerprint density at radius 1 is 1.38 bits per heavy atom. The Balaban J connectivity index is 3.04. The quantitative estimate of drug-likeness (QED) is 0.563. The number of aliphatic hydroxyl groups excluding tert-OH is 1. The van der Waals surface area contributed by atoms with Gasteiger partial charge in [0.2, 0.25) is 0 Å². The summed E-state index contributed by atoms with van der Waals surface area (Å²) in [5.41, 5.74) is 1.50. The van der Waals surface area contributed by atoms with Crippen molar-refractivity contribution in [3.05, 3.63) is 34.3 Å². The van der Waals surface area contributed by atoms with E-state index in [-0.39, 0.29) is 12.5 Å². The average molecular weight is 215 g/mol. The molecule has 0 fully saturated rings. The second-order valence-electron chi connectivity index (χ2n) is 2.41. The maximum absolute atomic E-state index is 8.86. The highest BCUT2D eigenvalue weighted by Gasteiger charge is 1.97. The van der Waals surface area contributed by atoms with Crippen molar-refractivity contribution in [1.82, 2.24) is 0 Å². The van der Waals surface area contributed by atoms with Crippen molar-refractivity contribution in [2.75, 3.05) is 5.88 Å². The lowest BCUT2D eigenvalue weighted by Gasteiger charge is -1.98. The summed E-state index contributed by atoms with van der Waals surface area (Å²) in [4.78, 5) is 0. The molecule has 0 aliphatic carbocycles. The Labute approximate surface area is 87.3 Å². The Morgan fingerprint density at radius 2 is 2.15 bits per heavy atom. The van der Waals surface area contributed by atoms with Gasteiger partial charge in [0.25, 0.3) is 0 Å². The highest BCUT2D eigenvalue weighted by Crippen LogP contribution is 2.16. The average Bonchev–Trinajstić information content (AvgIpc) is 2.17. The fourth-order valence-corrected chi connectivity index (χ4v) is 1.13. The molecule has 68 valence electrons. The first-order chi connectivity index (χ1) is 6.27. The Morgan fingerprint density at radius 3 is 2.77 bits per heavy atom. The predicted molar refractivity (Wildman–Crippen MR) is 55.0 cm³/mol. The highest BCUT2D eigenvalue weighted by atomic mass is 35.5. The number of alkyl halides is 1. The standard InChI is InChI=1S/C10H8Cl2O/c11-5-1-2-9-6-8(7-13)3-4-10(9)12/h3-4,6,13H,5,7H2. The summed E-state index contributed by atoms with van der Waals surface area (Å²) in [5, 5.41) is 9.44. The molecule has 1 nitrogen and oxygen atoms in total. The minimum Gasteiger partial charge on any atom is -0.392 e. The largest absolute Gasteiger partial charge is 0.392 e. The first-order valence-electron chi connectivity index (χ1n) is 3.72. The first kappa shape index (κ1) is 10.4. The number of aliphatic hydroxyl groups is 1. The molecule has 0 heterocycles. The van der Waals surface area contributed by atoms with E-state index < -0.39 is 0 Å². The van der Waals surface area contributed by atoms with Crippen molar-refractivity contribution < 1.29 is 5.11 Å². The van der Waals surface area contributed by atoms with Crippen molar-refractivity contribution in [2.45, 2.75) is 6.61 Å². The van der Waals surface area contributed by atoms with E-state index in [1.165, 1.54) is 0 Å².